The smallest absolute Gasteiger partial charge is 0.284 e. The fourth-order valence-corrected chi connectivity index (χ4v) is 1.55. The van der Waals surface area contributed by atoms with E-state index in [-0.39, 0.29) is 11.5 Å². The molecule has 0 amide bonds. The summed E-state index contributed by atoms with van der Waals surface area (Å²) in [5.74, 6) is 0.954. The van der Waals surface area contributed by atoms with Crippen LogP contribution in [0.4, 0.5) is 11.8 Å². The number of nitrogen functional groups attached to an aromatic ring is 2. The average molecular weight is 205 g/mol. The van der Waals surface area contributed by atoms with Gasteiger partial charge in [0.25, 0.3) is 5.56 Å². The first-order valence-electron chi connectivity index (χ1n) is 4.40. The highest BCUT2D eigenvalue weighted by molar-refractivity contribution is 5.65. The largest absolute Gasteiger partial charge is 0.385 e. The number of fused-ring (bicyclic) bond motifs is 1. The molecule has 2 aliphatic rings. The van der Waals surface area contributed by atoms with Gasteiger partial charge in [-0.15, -0.1) is 0 Å². The van der Waals surface area contributed by atoms with Crippen molar-refractivity contribution in [3.8, 4) is 11.4 Å². The van der Waals surface area contributed by atoms with Gasteiger partial charge in [-0.2, -0.15) is 9.97 Å². The molecule has 0 aromatic rings. The first-order valence-corrected chi connectivity index (χ1v) is 4.40. The second-order valence-corrected chi connectivity index (χ2v) is 3.40. The van der Waals surface area contributed by atoms with E-state index < -0.39 is 0 Å². The van der Waals surface area contributed by atoms with Crippen molar-refractivity contribution in [1.82, 2.24) is 14.5 Å². The Bertz CT molecular complexity index is 560. The zero-order valence-electron chi connectivity index (χ0n) is 8.48. The van der Waals surface area contributed by atoms with Gasteiger partial charge in [-0.25, -0.2) is 0 Å². The molecule has 0 fully saturated rings. The van der Waals surface area contributed by atoms with Crippen molar-refractivity contribution in [3.63, 3.8) is 0 Å². The molecule has 2 heterocycles. The van der Waals surface area contributed by atoms with Gasteiger partial charge < -0.3 is 16.0 Å². The number of aromatic nitrogens is 3. The third-order valence-electron chi connectivity index (χ3n) is 2.34. The first-order chi connectivity index (χ1) is 7.00. The molecule has 6 heteroatoms. The topological polar surface area (TPSA) is 99.8 Å². The highest BCUT2D eigenvalue weighted by Gasteiger charge is 2.16. The second-order valence-electron chi connectivity index (χ2n) is 3.40. The number of aryl methyl sites for hydroxylation is 1. The predicted octanol–water partition coefficient (Wildman–Crippen LogP) is -0.247. The molecule has 15 heavy (non-hydrogen) atoms. The summed E-state index contributed by atoms with van der Waals surface area (Å²) in [4.78, 5) is 19.2. The lowest BCUT2D eigenvalue weighted by molar-refractivity contribution is 0.879. The maximum Gasteiger partial charge on any atom is 0.284 e. The molecule has 78 valence electrons. The molecule has 2 rings (SSSR count). The highest BCUT2D eigenvalue weighted by Crippen LogP contribution is 2.22. The van der Waals surface area contributed by atoms with Gasteiger partial charge >= 0.3 is 0 Å². The minimum absolute atomic E-state index is 0.0342. The van der Waals surface area contributed by atoms with E-state index in [1.54, 1.807) is 24.6 Å². The van der Waals surface area contributed by atoms with Crippen LogP contribution in [0.15, 0.2) is 10.9 Å². The zero-order chi connectivity index (χ0) is 11.2. The monoisotopic (exact) mass is 205 g/mol. The zero-order valence-corrected chi connectivity index (χ0v) is 8.48. The normalized spacial score (nSPS) is 10.8. The SMILES string of the molecule is Cc1cc(N)n(C)c2nc(N)nc(=O)c1-2. The molecule has 0 radical (unpaired) electrons. The number of hydrogen-bond donors (Lipinski definition) is 2. The Morgan fingerprint density at radius 2 is 2.00 bits per heavy atom. The summed E-state index contributed by atoms with van der Waals surface area (Å²) in [6.07, 6.45) is 0. The van der Waals surface area contributed by atoms with Crippen LogP contribution >= 0.6 is 0 Å². The molecule has 0 saturated heterocycles. The molecule has 0 spiro atoms. The number of rotatable bonds is 0. The summed E-state index contributed by atoms with van der Waals surface area (Å²) in [7, 11) is 1.73. The van der Waals surface area contributed by atoms with Crippen LogP contribution in [0.1, 0.15) is 5.56 Å². The van der Waals surface area contributed by atoms with E-state index in [4.69, 9.17) is 11.5 Å². The van der Waals surface area contributed by atoms with Crippen molar-refractivity contribution in [3.05, 3.63) is 22.0 Å². The molecule has 0 aromatic heterocycles. The van der Waals surface area contributed by atoms with E-state index in [1.807, 2.05) is 0 Å². The van der Waals surface area contributed by atoms with Gasteiger partial charge in [-0.05, 0) is 18.6 Å². The summed E-state index contributed by atoms with van der Waals surface area (Å²) in [6.45, 7) is 1.79. The summed E-state index contributed by atoms with van der Waals surface area (Å²) in [5.41, 5.74) is 12.0. The Balaban J connectivity index is 3.01. The molecule has 0 aliphatic carbocycles. The minimum atomic E-state index is -0.370. The van der Waals surface area contributed by atoms with Crippen LogP contribution in [0, 0.1) is 6.92 Å². The van der Waals surface area contributed by atoms with E-state index in [0.29, 0.717) is 17.2 Å². The van der Waals surface area contributed by atoms with Crippen LogP contribution in [0.5, 0.6) is 0 Å². The van der Waals surface area contributed by atoms with Crippen LogP contribution in [0.2, 0.25) is 0 Å². The van der Waals surface area contributed by atoms with Crippen LogP contribution in [0.3, 0.4) is 0 Å². The number of anilines is 2. The fraction of sp³-hybridized carbons (Fsp3) is 0.222. The van der Waals surface area contributed by atoms with Crippen molar-refractivity contribution >= 4 is 11.8 Å². The van der Waals surface area contributed by atoms with E-state index in [1.165, 1.54) is 0 Å². The predicted molar refractivity (Wildman–Crippen MR) is 57.5 cm³/mol. The van der Waals surface area contributed by atoms with Crippen molar-refractivity contribution in [2.45, 2.75) is 6.92 Å². The Hall–Kier alpha value is -2.11. The number of nitrogens with two attached hydrogens (primary N) is 2. The summed E-state index contributed by atoms with van der Waals surface area (Å²) in [6, 6.07) is 1.71. The van der Waals surface area contributed by atoms with Crippen LogP contribution in [-0.4, -0.2) is 14.5 Å². The molecule has 0 atom stereocenters. The van der Waals surface area contributed by atoms with Gasteiger partial charge in [0.15, 0.2) is 5.82 Å². The quantitative estimate of drug-likeness (QED) is 0.618. The lowest BCUT2D eigenvalue weighted by atomic mass is 10.1. The van der Waals surface area contributed by atoms with Crippen molar-refractivity contribution in [2.75, 3.05) is 11.5 Å². The minimum Gasteiger partial charge on any atom is -0.385 e. The molecule has 4 N–H and O–H groups in total. The van der Waals surface area contributed by atoms with Gasteiger partial charge in [-0.1, -0.05) is 0 Å². The van der Waals surface area contributed by atoms with Crippen molar-refractivity contribution < 1.29 is 0 Å². The average Bonchev–Trinajstić information content (AvgIpc) is 2.12. The lowest BCUT2D eigenvalue weighted by Gasteiger charge is -2.14. The van der Waals surface area contributed by atoms with Crippen LogP contribution < -0.4 is 17.0 Å². The Kier molecular flexibility index (Phi) is 1.85. The molecular weight excluding hydrogens is 194 g/mol. The Morgan fingerprint density at radius 1 is 1.33 bits per heavy atom. The Morgan fingerprint density at radius 3 is 2.67 bits per heavy atom. The molecule has 0 unspecified atom stereocenters. The lowest BCUT2D eigenvalue weighted by Crippen LogP contribution is -2.20. The fourth-order valence-electron chi connectivity index (χ4n) is 1.55. The van der Waals surface area contributed by atoms with E-state index in [0.717, 1.165) is 5.56 Å². The van der Waals surface area contributed by atoms with Crippen molar-refractivity contribution in [1.29, 1.82) is 0 Å². The summed E-state index contributed by atoms with van der Waals surface area (Å²) < 4.78 is 1.61. The molecule has 2 aliphatic heterocycles. The van der Waals surface area contributed by atoms with E-state index in [9.17, 15) is 4.79 Å². The third-order valence-corrected chi connectivity index (χ3v) is 2.34. The van der Waals surface area contributed by atoms with Crippen molar-refractivity contribution in [2.24, 2.45) is 7.05 Å². The van der Waals surface area contributed by atoms with Gasteiger partial charge in [0.2, 0.25) is 5.95 Å². The standard InChI is InChI=1S/C9H11N5O/c1-4-3-5(10)14(2)7-6(4)8(15)13-9(11)12-7/h3H,10H2,1-2H3,(H2,11,13,15). The van der Waals surface area contributed by atoms with Gasteiger partial charge in [0.05, 0.1) is 5.56 Å². The maximum atomic E-state index is 11.6. The number of nitrogens with zero attached hydrogens (tertiary/aromatic N) is 3. The summed E-state index contributed by atoms with van der Waals surface area (Å²) in [5, 5.41) is 0. The molecule has 0 aromatic carbocycles. The highest BCUT2D eigenvalue weighted by atomic mass is 16.1. The molecule has 0 saturated carbocycles. The maximum absolute atomic E-state index is 11.6. The summed E-state index contributed by atoms with van der Waals surface area (Å²) >= 11 is 0. The van der Waals surface area contributed by atoms with Gasteiger partial charge in [-0.3, -0.25) is 4.79 Å². The molecule has 6 nitrogen and oxygen atoms in total. The second kappa shape index (κ2) is 2.94. The Labute approximate surface area is 85.9 Å². The molecular formula is C9H11N5O. The first kappa shape index (κ1) is 9.45. The van der Waals surface area contributed by atoms with Crippen LogP contribution in [0.25, 0.3) is 11.4 Å². The van der Waals surface area contributed by atoms with Gasteiger partial charge in [0, 0.05) is 7.05 Å². The van der Waals surface area contributed by atoms with Crippen LogP contribution in [-0.2, 0) is 7.05 Å². The van der Waals surface area contributed by atoms with E-state index in [2.05, 4.69) is 9.97 Å². The van der Waals surface area contributed by atoms with E-state index >= 15 is 0 Å². The number of pyridine rings is 1. The van der Waals surface area contributed by atoms with Gasteiger partial charge in [0.1, 0.15) is 5.82 Å². The third kappa shape index (κ3) is 1.30. The molecule has 0 bridgehead atoms. The number of hydrogen-bond acceptors (Lipinski definition) is 5.